The van der Waals surface area contributed by atoms with E-state index >= 15 is 0 Å². The molecule has 0 bridgehead atoms. The molecule has 3 N–H and O–H groups in total. The third kappa shape index (κ3) is 3.11. The van der Waals surface area contributed by atoms with Crippen molar-refractivity contribution >= 4 is 39.4 Å². The number of benzene rings is 1. The average Bonchev–Trinajstić information content (AvgIpc) is 2.69. The molecule has 0 saturated heterocycles. The maximum atomic E-state index is 12.0. The molecule has 0 radical (unpaired) electrons. The predicted molar refractivity (Wildman–Crippen MR) is 76.6 cm³/mol. The number of halogens is 1. The fraction of sp³-hybridized carbons (Fsp3) is 0.154. The first-order chi connectivity index (χ1) is 9.93. The Labute approximate surface area is 128 Å². The molecule has 0 atom stereocenters. The highest BCUT2D eigenvalue weighted by molar-refractivity contribution is 9.10. The number of aliphatic hydroxyl groups excluding tert-OH is 1. The minimum absolute atomic E-state index is 0.0669. The van der Waals surface area contributed by atoms with Crippen molar-refractivity contribution < 1.29 is 24.6 Å². The van der Waals surface area contributed by atoms with Gasteiger partial charge in [0.15, 0.2) is 0 Å². The zero-order valence-electron chi connectivity index (χ0n) is 10.7. The van der Waals surface area contributed by atoms with E-state index in [1.807, 2.05) is 0 Å². The highest BCUT2D eigenvalue weighted by Gasteiger charge is 2.30. The van der Waals surface area contributed by atoms with Crippen molar-refractivity contribution in [2.24, 2.45) is 0 Å². The highest BCUT2D eigenvalue weighted by Crippen LogP contribution is 2.26. The largest absolute Gasteiger partial charge is 0.478 e. The number of amides is 2. The molecule has 1 aromatic rings. The van der Waals surface area contributed by atoms with Crippen molar-refractivity contribution in [2.75, 3.05) is 18.5 Å². The molecule has 1 aromatic carbocycles. The Hall–Kier alpha value is -2.19. The number of β-amino-alcohol motifs (C(OH)–C–C–N with tert-alkyl or cyclic N) is 1. The van der Waals surface area contributed by atoms with Crippen LogP contribution in [0.5, 0.6) is 0 Å². The number of rotatable bonds is 5. The van der Waals surface area contributed by atoms with Crippen LogP contribution in [0.3, 0.4) is 0 Å². The molecule has 110 valence electrons. The van der Waals surface area contributed by atoms with E-state index in [1.165, 1.54) is 18.2 Å². The van der Waals surface area contributed by atoms with Gasteiger partial charge in [0.2, 0.25) is 0 Å². The molecule has 2 amide bonds. The van der Waals surface area contributed by atoms with Gasteiger partial charge in [0.1, 0.15) is 5.70 Å². The molecule has 0 spiro atoms. The van der Waals surface area contributed by atoms with Gasteiger partial charge in [-0.1, -0.05) is 0 Å². The summed E-state index contributed by atoms with van der Waals surface area (Å²) < 4.78 is 0.448. The van der Waals surface area contributed by atoms with Crippen molar-refractivity contribution in [3.63, 3.8) is 0 Å². The summed E-state index contributed by atoms with van der Waals surface area (Å²) in [5, 5.41) is 20.5. The molecule has 21 heavy (non-hydrogen) atoms. The topological polar surface area (TPSA) is 107 Å². The molecule has 1 heterocycles. The second-order valence-corrected chi connectivity index (χ2v) is 5.06. The first kappa shape index (κ1) is 15.2. The minimum Gasteiger partial charge on any atom is -0.478 e. The van der Waals surface area contributed by atoms with Gasteiger partial charge in [-0.05, 0) is 34.1 Å². The Kier molecular flexibility index (Phi) is 4.39. The normalized spacial score (nSPS) is 14.4. The summed E-state index contributed by atoms with van der Waals surface area (Å²) in [4.78, 5) is 35.3. The fourth-order valence-corrected chi connectivity index (χ4v) is 2.28. The van der Waals surface area contributed by atoms with Crippen molar-refractivity contribution in [3.05, 3.63) is 40.0 Å². The molecular weight excluding hydrogens is 344 g/mol. The summed E-state index contributed by atoms with van der Waals surface area (Å²) in [6, 6.07) is 4.25. The number of aromatic carboxylic acids is 1. The standard InChI is InChI=1S/C13H11BrN2O5/c14-8-5-7(13(20)21)1-2-9(8)15-10-6-11(18)16(3-4-17)12(10)19/h1-2,5-6,15,17H,3-4H2,(H,20,21). The summed E-state index contributed by atoms with van der Waals surface area (Å²) in [6.45, 7) is -0.381. The van der Waals surface area contributed by atoms with Crippen LogP contribution < -0.4 is 5.32 Å². The number of hydrogen-bond acceptors (Lipinski definition) is 5. The van der Waals surface area contributed by atoms with Crippen LogP contribution in [0.25, 0.3) is 0 Å². The third-order valence-corrected chi connectivity index (χ3v) is 3.47. The van der Waals surface area contributed by atoms with Crippen LogP contribution >= 0.6 is 15.9 Å². The zero-order valence-corrected chi connectivity index (χ0v) is 12.3. The van der Waals surface area contributed by atoms with Gasteiger partial charge in [-0.25, -0.2) is 4.79 Å². The van der Waals surface area contributed by atoms with Crippen molar-refractivity contribution in [1.82, 2.24) is 4.90 Å². The molecule has 7 nitrogen and oxygen atoms in total. The number of carbonyl (C=O) groups excluding carboxylic acids is 2. The van der Waals surface area contributed by atoms with E-state index in [1.54, 1.807) is 0 Å². The van der Waals surface area contributed by atoms with E-state index in [0.29, 0.717) is 10.2 Å². The zero-order chi connectivity index (χ0) is 15.6. The Morgan fingerprint density at radius 1 is 1.33 bits per heavy atom. The van der Waals surface area contributed by atoms with Gasteiger partial charge in [-0.3, -0.25) is 14.5 Å². The lowest BCUT2D eigenvalue weighted by Gasteiger charge is -2.14. The monoisotopic (exact) mass is 354 g/mol. The summed E-state index contributed by atoms with van der Waals surface area (Å²) in [5.41, 5.74) is 0.618. The lowest BCUT2D eigenvalue weighted by Crippen LogP contribution is -2.34. The number of carbonyl (C=O) groups is 3. The van der Waals surface area contributed by atoms with E-state index < -0.39 is 17.8 Å². The Bertz CT molecular complexity index is 656. The lowest BCUT2D eigenvalue weighted by atomic mass is 10.2. The van der Waals surface area contributed by atoms with E-state index in [2.05, 4.69) is 21.2 Å². The second-order valence-electron chi connectivity index (χ2n) is 4.20. The maximum absolute atomic E-state index is 12.0. The number of hydrogen-bond donors (Lipinski definition) is 3. The van der Waals surface area contributed by atoms with E-state index in [9.17, 15) is 14.4 Å². The Balaban J connectivity index is 2.20. The average molecular weight is 355 g/mol. The van der Waals surface area contributed by atoms with Gasteiger partial charge in [-0.15, -0.1) is 0 Å². The fourth-order valence-electron chi connectivity index (χ4n) is 1.80. The Morgan fingerprint density at radius 2 is 2.05 bits per heavy atom. The van der Waals surface area contributed by atoms with Gasteiger partial charge < -0.3 is 15.5 Å². The number of nitrogens with zero attached hydrogens (tertiary/aromatic N) is 1. The Morgan fingerprint density at radius 3 is 2.62 bits per heavy atom. The molecule has 8 heteroatoms. The number of aliphatic hydroxyl groups is 1. The van der Waals surface area contributed by atoms with Crippen LogP contribution in [0.4, 0.5) is 5.69 Å². The van der Waals surface area contributed by atoms with Crippen LogP contribution in [-0.4, -0.2) is 46.0 Å². The molecule has 0 fully saturated rings. The molecule has 2 rings (SSSR count). The number of carboxylic acids is 1. The summed E-state index contributed by atoms with van der Waals surface area (Å²) in [7, 11) is 0. The van der Waals surface area contributed by atoms with E-state index in [4.69, 9.17) is 10.2 Å². The van der Waals surface area contributed by atoms with Crippen LogP contribution in [-0.2, 0) is 9.59 Å². The first-order valence-electron chi connectivity index (χ1n) is 5.92. The molecule has 0 aromatic heterocycles. The molecule has 0 saturated carbocycles. The third-order valence-electron chi connectivity index (χ3n) is 2.82. The van der Waals surface area contributed by atoms with Gasteiger partial charge in [0, 0.05) is 10.5 Å². The van der Waals surface area contributed by atoms with Gasteiger partial charge >= 0.3 is 5.97 Å². The molecular formula is C13H11BrN2O5. The summed E-state index contributed by atoms with van der Waals surface area (Å²) in [5.74, 6) is -2.11. The van der Waals surface area contributed by atoms with Crippen LogP contribution in [0.1, 0.15) is 10.4 Å². The number of anilines is 1. The smallest absolute Gasteiger partial charge is 0.335 e. The van der Waals surface area contributed by atoms with Crippen LogP contribution in [0, 0.1) is 0 Å². The van der Waals surface area contributed by atoms with Crippen molar-refractivity contribution in [1.29, 1.82) is 0 Å². The number of imide groups is 1. The predicted octanol–water partition coefficient (Wildman–Crippen LogP) is 0.804. The van der Waals surface area contributed by atoms with Gasteiger partial charge in [0.05, 0.1) is 24.4 Å². The van der Waals surface area contributed by atoms with E-state index in [-0.39, 0.29) is 24.4 Å². The highest BCUT2D eigenvalue weighted by atomic mass is 79.9. The first-order valence-corrected chi connectivity index (χ1v) is 6.71. The number of nitrogens with one attached hydrogen (secondary N) is 1. The summed E-state index contributed by atoms with van der Waals surface area (Å²) in [6.07, 6.45) is 1.13. The van der Waals surface area contributed by atoms with Gasteiger partial charge in [0.25, 0.3) is 11.8 Å². The quantitative estimate of drug-likeness (QED) is 0.675. The van der Waals surface area contributed by atoms with Crippen LogP contribution in [0.2, 0.25) is 0 Å². The van der Waals surface area contributed by atoms with E-state index in [0.717, 1.165) is 11.0 Å². The van der Waals surface area contributed by atoms with Gasteiger partial charge in [-0.2, -0.15) is 0 Å². The number of carboxylic acid groups (broad SMARTS) is 1. The minimum atomic E-state index is -1.07. The molecule has 0 unspecified atom stereocenters. The SMILES string of the molecule is O=C(O)c1ccc(NC2=CC(=O)N(CCO)C2=O)c(Br)c1. The van der Waals surface area contributed by atoms with Crippen LogP contribution in [0.15, 0.2) is 34.4 Å². The maximum Gasteiger partial charge on any atom is 0.335 e. The summed E-state index contributed by atoms with van der Waals surface area (Å²) >= 11 is 3.20. The van der Waals surface area contributed by atoms with Crippen molar-refractivity contribution in [3.8, 4) is 0 Å². The lowest BCUT2D eigenvalue weighted by molar-refractivity contribution is -0.137. The molecule has 0 aliphatic carbocycles. The van der Waals surface area contributed by atoms with Crippen molar-refractivity contribution in [2.45, 2.75) is 0 Å². The molecule has 1 aliphatic heterocycles. The molecule has 1 aliphatic rings. The second kappa shape index (κ2) is 6.06.